The number of aliphatic hydroxyl groups is 1. The fourth-order valence-corrected chi connectivity index (χ4v) is 8.22. The molecule has 3 aliphatic rings. The lowest BCUT2D eigenvalue weighted by atomic mass is 9.82. The molecule has 3 fully saturated rings. The number of aliphatic hydroxyl groups excluding tert-OH is 1. The van der Waals surface area contributed by atoms with Crippen molar-refractivity contribution in [1.82, 2.24) is 14.7 Å². The maximum atomic E-state index is 14.0. The molecule has 3 rings (SSSR count). The lowest BCUT2D eigenvalue weighted by molar-refractivity contribution is -0.289. The zero-order valence-electron chi connectivity index (χ0n) is 32.9. The van der Waals surface area contributed by atoms with Crippen LogP contribution in [0.5, 0.6) is 0 Å². The van der Waals surface area contributed by atoms with Crippen LogP contribution in [0.15, 0.2) is 5.11 Å². The molecule has 3 heterocycles. The Labute approximate surface area is 308 Å². The predicted octanol–water partition coefficient (Wildman–Crippen LogP) is 4.07. The Bertz CT molecular complexity index is 1310. The van der Waals surface area contributed by atoms with Crippen molar-refractivity contribution in [2.75, 3.05) is 40.8 Å². The summed E-state index contributed by atoms with van der Waals surface area (Å²) in [5.74, 6) is -2.89. The normalized spacial score (nSPS) is 38.1. The summed E-state index contributed by atoms with van der Waals surface area (Å²) >= 11 is 0. The van der Waals surface area contributed by atoms with Crippen LogP contribution >= 0.6 is 0 Å². The quantitative estimate of drug-likeness (QED) is 0.0848. The fraction of sp³-hybridized carbons (Fsp3) is 0.889. The number of nitrogens with zero attached hydrogens (tertiary/aromatic N) is 6. The molecule has 0 aliphatic carbocycles. The fourth-order valence-electron chi connectivity index (χ4n) is 8.22. The van der Waals surface area contributed by atoms with Gasteiger partial charge in [-0.1, -0.05) is 19.0 Å². The number of fused-ring (bicyclic) bond motifs is 1. The molecule has 16 nitrogen and oxygen atoms in total. The Kier molecular flexibility index (Phi) is 15.3. The Morgan fingerprint density at radius 1 is 1.15 bits per heavy atom. The van der Waals surface area contributed by atoms with Crippen LogP contribution < -0.4 is 0 Å². The minimum absolute atomic E-state index is 0.216. The standard InChI is InChI=1S/C36H62N6O10/c1-12-28-36(8)31(41(34(47)52-36)16-14-13-15-38-39-37)24(5)42(25(6)43)20-21(2)19-35(7,48-11)29(18-27(44)23(4)32(46)50-28)51-33-30(45)26(40(9)10)17-22(3)49-33/h21-24,26,28-31,33,45H,12-20H2,1-11H3/t21-,22?,23-,24-,26?,28-,29-,30?,31-,33+,35-,36-/m1/s1. The van der Waals surface area contributed by atoms with Gasteiger partial charge in [-0.2, -0.15) is 0 Å². The number of ketones is 1. The number of carbonyl (C=O) groups is 4. The minimum atomic E-state index is -1.38. The number of hydrogen-bond donors (Lipinski definition) is 1. The van der Waals surface area contributed by atoms with Gasteiger partial charge in [0.1, 0.15) is 23.9 Å². The second kappa shape index (κ2) is 18.4. The van der Waals surface area contributed by atoms with E-state index in [1.165, 1.54) is 21.0 Å². The number of ether oxygens (including phenoxy) is 5. The summed E-state index contributed by atoms with van der Waals surface area (Å²) in [6.45, 7) is 14.8. The van der Waals surface area contributed by atoms with Crippen molar-refractivity contribution in [2.45, 2.75) is 154 Å². The maximum Gasteiger partial charge on any atom is 0.410 e. The number of esters is 1. The van der Waals surface area contributed by atoms with E-state index < -0.39 is 71.7 Å². The number of unbranched alkanes of at least 4 members (excludes halogenated alkanes) is 1. The molecule has 0 spiro atoms. The number of azide groups is 1. The number of cyclic esters (lactones) is 1. The molecule has 0 saturated carbocycles. The molecule has 52 heavy (non-hydrogen) atoms. The smallest absolute Gasteiger partial charge is 0.410 e. The number of rotatable bonds is 10. The molecule has 16 heteroatoms. The first-order chi connectivity index (χ1) is 24.3. The topological polar surface area (TPSA) is 193 Å². The van der Waals surface area contributed by atoms with Crippen LogP contribution in [0.4, 0.5) is 4.79 Å². The van der Waals surface area contributed by atoms with Gasteiger partial charge in [0.15, 0.2) is 11.9 Å². The minimum Gasteiger partial charge on any atom is -0.458 e. The number of Topliss-reactive ketones (excluding diaryl/α,β-unsaturated/α-hetero) is 1. The zero-order chi connectivity index (χ0) is 39.1. The van der Waals surface area contributed by atoms with E-state index in [-0.39, 0.29) is 56.4 Å². The van der Waals surface area contributed by atoms with Crippen LogP contribution in [-0.4, -0.2) is 144 Å². The number of carbonyl (C=O) groups excluding carboxylic acids is 4. The van der Waals surface area contributed by atoms with Gasteiger partial charge < -0.3 is 38.6 Å². The molecule has 2 amide bonds. The third kappa shape index (κ3) is 9.74. The molecule has 0 aromatic heterocycles. The molecule has 0 aromatic rings. The lowest BCUT2D eigenvalue weighted by Crippen LogP contribution is -2.62. The van der Waals surface area contributed by atoms with Crippen LogP contribution in [0.1, 0.15) is 93.9 Å². The molecule has 3 unspecified atom stereocenters. The summed E-state index contributed by atoms with van der Waals surface area (Å²) in [6, 6.07) is -1.59. The number of amides is 2. The van der Waals surface area contributed by atoms with Gasteiger partial charge in [0, 0.05) is 51.0 Å². The highest BCUT2D eigenvalue weighted by Crippen LogP contribution is 2.41. The monoisotopic (exact) mass is 738 g/mol. The first-order valence-electron chi connectivity index (χ1n) is 18.6. The second-order valence-corrected chi connectivity index (χ2v) is 15.5. The predicted molar refractivity (Wildman–Crippen MR) is 191 cm³/mol. The van der Waals surface area contributed by atoms with Gasteiger partial charge in [0.2, 0.25) is 5.91 Å². The van der Waals surface area contributed by atoms with E-state index in [1.807, 2.05) is 46.7 Å². The molecule has 296 valence electrons. The van der Waals surface area contributed by atoms with Crippen LogP contribution in [0.25, 0.3) is 10.4 Å². The van der Waals surface area contributed by atoms with Crippen LogP contribution in [0.3, 0.4) is 0 Å². The SMILES string of the molecule is CC[C@H]1OC(=O)[C@H](C)C(=O)C[C@@H](O[C@@H]2OC(C)CC(N(C)C)C2O)[C@](C)(OC)C[C@@H](C)CN(C(C)=O)[C@H](C)[C@H]2N(CCCCN=[N+]=[N-])C(=O)O[C@]12C. The number of hydrogen-bond acceptors (Lipinski definition) is 12. The van der Waals surface area contributed by atoms with Gasteiger partial charge in [0.05, 0.1) is 29.9 Å². The van der Waals surface area contributed by atoms with Gasteiger partial charge in [-0.05, 0) is 92.3 Å². The van der Waals surface area contributed by atoms with Crippen LogP contribution in [0, 0.1) is 11.8 Å². The van der Waals surface area contributed by atoms with Crippen molar-refractivity contribution in [3.05, 3.63) is 10.4 Å². The van der Waals surface area contributed by atoms with E-state index in [4.69, 9.17) is 29.2 Å². The van der Waals surface area contributed by atoms with Crippen LogP contribution in [0.2, 0.25) is 0 Å². The highest BCUT2D eigenvalue weighted by molar-refractivity contribution is 5.99. The first kappa shape index (κ1) is 43.4. The molecule has 0 bridgehead atoms. The van der Waals surface area contributed by atoms with Crippen molar-refractivity contribution in [3.8, 4) is 0 Å². The van der Waals surface area contributed by atoms with Gasteiger partial charge in [-0.3, -0.25) is 19.3 Å². The van der Waals surface area contributed by atoms with Gasteiger partial charge >= 0.3 is 12.1 Å². The largest absolute Gasteiger partial charge is 0.458 e. The summed E-state index contributed by atoms with van der Waals surface area (Å²) in [5, 5.41) is 14.9. The molecule has 1 N–H and O–H groups in total. The highest BCUT2D eigenvalue weighted by atomic mass is 16.7. The molecule has 3 saturated heterocycles. The van der Waals surface area contributed by atoms with Gasteiger partial charge in [0.25, 0.3) is 0 Å². The average molecular weight is 739 g/mol. The zero-order valence-corrected chi connectivity index (χ0v) is 32.9. The van der Waals surface area contributed by atoms with E-state index in [0.29, 0.717) is 25.7 Å². The van der Waals surface area contributed by atoms with E-state index in [0.717, 1.165) is 0 Å². The maximum absolute atomic E-state index is 14.0. The summed E-state index contributed by atoms with van der Waals surface area (Å²) in [7, 11) is 5.26. The van der Waals surface area contributed by atoms with Crippen molar-refractivity contribution in [1.29, 1.82) is 0 Å². The summed E-state index contributed by atoms with van der Waals surface area (Å²) < 4.78 is 30.9. The molecule has 3 aliphatic heterocycles. The van der Waals surface area contributed by atoms with E-state index in [2.05, 4.69) is 10.0 Å². The van der Waals surface area contributed by atoms with Crippen molar-refractivity contribution in [3.63, 3.8) is 0 Å². The second-order valence-electron chi connectivity index (χ2n) is 15.5. The lowest BCUT2D eigenvalue weighted by Gasteiger charge is -2.46. The van der Waals surface area contributed by atoms with Crippen LogP contribution in [-0.2, 0) is 38.1 Å². The van der Waals surface area contributed by atoms with Crippen molar-refractivity contribution >= 4 is 23.8 Å². The summed E-state index contributed by atoms with van der Waals surface area (Å²) in [5.41, 5.74) is 6.17. The van der Waals surface area contributed by atoms with Gasteiger partial charge in [-0.15, -0.1) is 0 Å². The third-order valence-corrected chi connectivity index (χ3v) is 11.3. The van der Waals surface area contributed by atoms with E-state index in [9.17, 15) is 24.3 Å². The van der Waals surface area contributed by atoms with E-state index in [1.54, 1.807) is 23.6 Å². The highest BCUT2D eigenvalue weighted by Gasteiger charge is 2.59. The molecular formula is C36H62N6O10. The molecule has 0 radical (unpaired) electrons. The van der Waals surface area contributed by atoms with E-state index >= 15 is 0 Å². The van der Waals surface area contributed by atoms with Gasteiger partial charge in [-0.25, -0.2) is 4.79 Å². The summed E-state index contributed by atoms with van der Waals surface area (Å²) in [6.07, 6.45) is -2.90. The Hall–Kier alpha value is -3.01. The summed E-state index contributed by atoms with van der Waals surface area (Å²) in [4.78, 5) is 62.8. The van der Waals surface area contributed by atoms with Crippen molar-refractivity contribution in [2.24, 2.45) is 17.0 Å². The molecule has 12 atom stereocenters. The Morgan fingerprint density at radius 3 is 2.40 bits per heavy atom. The first-order valence-corrected chi connectivity index (χ1v) is 18.6. The Balaban J connectivity index is 2.09. The Morgan fingerprint density at radius 2 is 1.83 bits per heavy atom. The molecule has 0 aromatic carbocycles. The number of methoxy groups -OCH3 is 1. The average Bonchev–Trinajstić information content (AvgIpc) is 3.34. The number of likely N-dealkylation sites (N-methyl/N-ethyl adjacent to an activating group) is 1. The third-order valence-electron chi connectivity index (χ3n) is 11.3. The van der Waals surface area contributed by atoms with Crippen molar-refractivity contribution < 1.29 is 48.0 Å². The molecular weight excluding hydrogens is 676 g/mol.